The van der Waals surface area contributed by atoms with Crippen molar-refractivity contribution in [2.45, 2.75) is 27.3 Å². The van der Waals surface area contributed by atoms with E-state index in [4.69, 9.17) is 4.98 Å². The van der Waals surface area contributed by atoms with Crippen molar-refractivity contribution in [1.29, 1.82) is 0 Å². The Morgan fingerprint density at radius 3 is 2.27 bits per heavy atom. The summed E-state index contributed by atoms with van der Waals surface area (Å²) in [5, 5.41) is 0. The van der Waals surface area contributed by atoms with Crippen LogP contribution >= 0.6 is 10.6 Å². The highest BCUT2D eigenvalue weighted by Gasteiger charge is 2.22. The minimum absolute atomic E-state index is 0.00568. The smallest absolute Gasteiger partial charge is 0.330 e. The summed E-state index contributed by atoms with van der Waals surface area (Å²) in [5.41, 5.74) is 4.36. The third kappa shape index (κ3) is 4.12. The van der Waals surface area contributed by atoms with Crippen molar-refractivity contribution in [3.05, 3.63) is 46.9 Å². The Hall–Kier alpha value is -2.29. The van der Waals surface area contributed by atoms with Gasteiger partial charge in [0.25, 0.3) is 0 Å². The maximum absolute atomic E-state index is 12.7. The quantitative estimate of drug-likeness (QED) is 0.656. The summed E-state index contributed by atoms with van der Waals surface area (Å²) in [5.74, 6) is 0.846. The number of aryl methyl sites for hydroxylation is 1. The van der Waals surface area contributed by atoms with Crippen molar-refractivity contribution >= 4 is 27.4 Å². The maximum Gasteiger partial charge on any atom is 0.330 e. The second-order valence-electron chi connectivity index (χ2n) is 9.27. The molecule has 2 aromatic heterocycles. The lowest BCUT2D eigenvalue weighted by Gasteiger charge is -2.41. The lowest BCUT2D eigenvalue weighted by atomic mass is 9.97. The molecule has 30 heavy (non-hydrogen) atoms. The first kappa shape index (κ1) is 21.0. The fourth-order valence-corrected chi connectivity index (χ4v) is 5.12. The van der Waals surface area contributed by atoms with Crippen LogP contribution in [0, 0.1) is 5.41 Å². The second-order valence-corrected chi connectivity index (χ2v) is 11.7. The number of anilines is 1. The molecule has 0 spiro atoms. The summed E-state index contributed by atoms with van der Waals surface area (Å²) >= 11 is 0. The number of aromatic nitrogens is 3. The number of hydrogen-bond donors (Lipinski definition) is 2. The van der Waals surface area contributed by atoms with Gasteiger partial charge in [0, 0.05) is 37.9 Å². The monoisotopic (exact) mass is 430 g/mol. The second kappa shape index (κ2) is 7.44. The highest BCUT2D eigenvalue weighted by Crippen LogP contribution is 2.41. The predicted molar refractivity (Wildman–Crippen MR) is 125 cm³/mol. The first-order valence-corrected chi connectivity index (χ1v) is 12.1. The van der Waals surface area contributed by atoms with Crippen LogP contribution in [0.5, 0.6) is 0 Å². The minimum atomic E-state index is -2.39. The molecule has 1 aromatic carbocycles. The molecule has 7 nitrogen and oxygen atoms in total. The predicted octanol–water partition coefficient (Wildman–Crippen LogP) is 4.02. The van der Waals surface area contributed by atoms with Gasteiger partial charge in [0.05, 0.1) is 22.7 Å². The molecule has 3 aromatic rings. The average Bonchev–Trinajstić information content (AvgIpc) is 2.91. The fraction of sp³-hybridized carbons (Fsp3) is 0.455. The number of fused-ring (bicyclic) bond motifs is 1. The Bertz CT molecular complexity index is 1120. The largest absolute Gasteiger partial charge is 0.368 e. The number of imidazole rings is 1. The van der Waals surface area contributed by atoms with Gasteiger partial charge in [-0.15, -0.1) is 0 Å². The molecule has 0 saturated carbocycles. The SMILES string of the molecule is Cn1c(=O)n(CC(C)(C)C)c2ccc(-c3ccc(N4CCS(O)(O)CC4)cc3)nc21. The zero-order chi connectivity index (χ0) is 21.7. The number of rotatable bonds is 3. The summed E-state index contributed by atoms with van der Waals surface area (Å²) in [7, 11) is -0.626. The van der Waals surface area contributed by atoms with E-state index in [2.05, 4.69) is 25.7 Å². The maximum atomic E-state index is 12.7. The summed E-state index contributed by atoms with van der Waals surface area (Å²) in [4.78, 5) is 19.7. The van der Waals surface area contributed by atoms with Crippen LogP contribution in [0.1, 0.15) is 20.8 Å². The average molecular weight is 431 g/mol. The molecule has 0 atom stereocenters. The van der Waals surface area contributed by atoms with Crippen LogP contribution in [-0.2, 0) is 13.6 Å². The molecule has 8 heteroatoms. The van der Waals surface area contributed by atoms with E-state index in [1.54, 1.807) is 16.2 Å². The van der Waals surface area contributed by atoms with E-state index in [-0.39, 0.29) is 11.1 Å². The standard InChI is InChI=1S/C22H30N4O3S/c1-22(2,3)15-26-19-10-9-18(23-20(19)24(4)21(26)27)16-5-7-17(8-6-16)25-11-13-30(28,29)14-12-25/h5-10,28-29H,11-15H2,1-4H3. The van der Waals surface area contributed by atoms with Gasteiger partial charge in [-0.2, -0.15) is 10.6 Å². The Kier molecular flexibility index (Phi) is 5.20. The summed E-state index contributed by atoms with van der Waals surface area (Å²) in [6, 6.07) is 12.1. The highest BCUT2D eigenvalue weighted by molar-refractivity contribution is 8.24. The van der Waals surface area contributed by atoms with E-state index >= 15 is 0 Å². The van der Waals surface area contributed by atoms with Gasteiger partial charge in [0.2, 0.25) is 0 Å². The van der Waals surface area contributed by atoms with Gasteiger partial charge in [-0.3, -0.25) is 18.2 Å². The summed E-state index contributed by atoms with van der Waals surface area (Å²) < 4.78 is 23.0. The third-order valence-corrected chi connectivity index (χ3v) is 7.19. The van der Waals surface area contributed by atoms with E-state index in [1.807, 2.05) is 36.4 Å². The van der Waals surface area contributed by atoms with Crippen LogP contribution < -0.4 is 10.6 Å². The van der Waals surface area contributed by atoms with E-state index in [0.29, 0.717) is 36.8 Å². The first-order chi connectivity index (χ1) is 14.0. The number of pyridine rings is 1. The zero-order valence-corrected chi connectivity index (χ0v) is 18.8. The number of hydrogen-bond acceptors (Lipinski definition) is 5. The van der Waals surface area contributed by atoms with Crippen LogP contribution in [0.25, 0.3) is 22.4 Å². The highest BCUT2D eigenvalue weighted by atomic mass is 32.3. The molecule has 162 valence electrons. The van der Waals surface area contributed by atoms with Crippen molar-refractivity contribution in [3.8, 4) is 11.3 Å². The zero-order valence-electron chi connectivity index (χ0n) is 18.0. The summed E-state index contributed by atoms with van der Waals surface area (Å²) in [6.07, 6.45) is 0. The van der Waals surface area contributed by atoms with Crippen molar-refractivity contribution in [2.24, 2.45) is 12.5 Å². The molecule has 1 aliphatic heterocycles. The molecule has 0 aliphatic carbocycles. The van der Waals surface area contributed by atoms with Crippen LogP contribution in [0.4, 0.5) is 5.69 Å². The Morgan fingerprint density at radius 1 is 1.03 bits per heavy atom. The van der Waals surface area contributed by atoms with Gasteiger partial charge >= 0.3 is 5.69 Å². The van der Waals surface area contributed by atoms with Crippen LogP contribution in [0.15, 0.2) is 41.2 Å². The molecule has 1 aliphatic rings. The molecular weight excluding hydrogens is 400 g/mol. The fourth-order valence-electron chi connectivity index (χ4n) is 3.89. The van der Waals surface area contributed by atoms with E-state index in [0.717, 1.165) is 22.5 Å². The number of benzene rings is 1. The Morgan fingerprint density at radius 2 is 1.67 bits per heavy atom. The lowest BCUT2D eigenvalue weighted by molar-refractivity contribution is 0.342. The van der Waals surface area contributed by atoms with Crippen LogP contribution in [0.3, 0.4) is 0 Å². The summed E-state index contributed by atoms with van der Waals surface area (Å²) in [6.45, 7) is 8.29. The minimum Gasteiger partial charge on any atom is -0.368 e. The van der Waals surface area contributed by atoms with Crippen LogP contribution in [-0.4, -0.2) is 47.8 Å². The van der Waals surface area contributed by atoms with Crippen molar-refractivity contribution in [3.63, 3.8) is 0 Å². The molecule has 0 unspecified atom stereocenters. The molecule has 0 bridgehead atoms. The molecule has 4 rings (SSSR count). The van der Waals surface area contributed by atoms with Crippen molar-refractivity contribution in [1.82, 2.24) is 14.1 Å². The molecule has 0 amide bonds. The molecule has 2 N–H and O–H groups in total. The van der Waals surface area contributed by atoms with E-state index in [9.17, 15) is 13.9 Å². The van der Waals surface area contributed by atoms with Gasteiger partial charge in [-0.25, -0.2) is 9.78 Å². The third-order valence-electron chi connectivity index (χ3n) is 5.52. The Balaban J connectivity index is 1.62. The van der Waals surface area contributed by atoms with Gasteiger partial charge in [-0.1, -0.05) is 32.9 Å². The van der Waals surface area contributed by atoms with Crippen LogP contribution in [0.2, 0.25) is 0 Å². The lowest BCUT2D eigenvalue weighted by Crippen LogP contribution is -2.38. The molecule has 1 saturated heterocycles. The van der Waals surface area contributed by atoms with Crippen molar-refractivity contribution < 1.29 is 9.11 Å². The van der Waals surface area contributed by atoms with Gasteiger partial charge in [-0.05, 0) is 29.7 Å². The van der Waals surface area contributed by atoms with E-state index in [1.165, 1.54) is 0 Å². The Labute approximate surface area is 178 Å². The molecule has 3 heterocycles. The first-order valence-electron chi connectivity index (χ1n) is 10.2. The van der Waals surface area contributed by atoms with Gasteiger partial charge in [0.15, 0.2) is 5.65 Å². The van der Waals surface area contributed by atoms with Gasteiger partial charge < -0.3 is 4.90 Å². The normalized spacial score (nSPS) is 18.0. The number of nitrogens with zero attached hydrogens (tertiary/aromatic N) is 4. The molecule has 0 radical (unpaired) electrons. The van der Waals surface area contributed by atoms with E-state index < -0.39 is 10.6 Å². The molecular formula is C22H30N4O3S. The van der Waals surface area contributed by atoms with Crippen molar-refractivity contribution in [2.75, 3.05) is 29.5 Å². The van der Waals surface area contributed by atoms with Gasteiger partial charge in [0.1, 0.15) is 0 Å². The topological polar surface area (TPSA) is 83.5 Å². The molecule has 1 fully saturated rings.